The number of anilines is 1. The van der Waals surface area contributed by atoms with Crippen molar-refractivity contribution in [2.75, 3.05) is 5.32 Å². The van der Waals surface area contributed by atoms with Crippen LogP contribution in [0, 0.1) is 0 Å². The molecule has 2 rings (SSSR count). The minimum absolute atomic E-state index is 0.0952. The number of hydrogen-bond donors (Lipinski definition) is 4. The summed E-state index contributed by atoms with van der Waals surface area (Å²) < 4.78 is 0. The minimum atomic E-state index is -1.53. The number of benzene rings is 2. The maximum atomic E-state index is 11.9. The average Bonchev–Trinajstić information content (AvgIpc) is 2.40. The maximum absolute atomic E-state index is 11.9. The van der Waals surface area contributed by atoms with Gasteiger partial charge in [0.1, 0.15) is 5.75 Å². The van der Waals surface area contributed by atoms with Crippen LogP contribution in [0.4, 0.5) is 5.69 Å². The zero-order chi connectivity index (χ0) is 13.8. The standard InChI is InChI=1S/C13H12BNO4/c16-12-7-1-9(2-8-12)13(17)15-11-5-3-10(4-6-11)14(18)19/h1-8,16,18-19H,(H,15,17). The number of phenols is 1. The van der Waals surface area contributed by atoms with E-state index < -0.39 is 7.12 Å². The lowest BCUT2D eigenvalue weighted by atomic mass is 9.80. The van der Waals surface area contributed by atoms with Crippen molar-refractivity contribution in [3.63, 3.8) is 0 Å². The lowest BCUT2D eigenvalue weighted by Gasteiger charge is -2.06. The number of aromatic hydroxyl groups is 1. The predicted octanol–water partition coefficient (Wildman–Crippen LogP) is 0.324. The van der Waals surface area contributed by atoms with Gasteiger partial charge in [-0.3, -0.25) is 4.79 Å². The first-order chi connectivity index (χ1) is 9.06. The Morgan fingerprint density at radius 1 is 0.947 bits per heavy atom. The molecule has 0 saturated heterocycles. The number of nitrogens with one attached hydrogen (secondary N) is 1. The van der Waals surface area contributed by atoms with Crippen LogP contribution in [-0.2, 0) is 0 Å². The molecule has 0 bridgehead atoms. The van der Waals surface area contributed by atoms with Gasteiger partial charge < -0.3 is 20.5 Å². The fourth-order valence-electron chi connectivity index (χ4n) is 1.55. The Morgan fingerprint density at radius 3 is 2.05 bits per heavy atom. The molecule has 0 aliphatic carbocycles. The summed E-state index contributed by atoms with van der Waals surface area (Å²) in [5, 5.41) is 29.7. The molecule has 0 radical (unpaired) electrons. The summed E-state index contributed by atoms with van der Waals surface area (Å²) in [6.07, 6.45) is 0. The van der Waals surface area contributed by atoms with Gasteiger partial charge in [-0.2, -0.15) is 0 Å². The molecular weight excluding hydrogens is 245 g/mol. The molecule has 2 aromatic carbocycles. The van der Waals surface area contributed by atoms with Crippen LogP contribution in [0.1, 0.15) is 10.4 Å². The first kappa shape index (κ1) is 13.1. The molecule has 0 spiro atoms. The Bertz CT molecular complexity index is 566. The van der Waals surface area contributed by atoms with Crippen molar-refractivity contribution in [3.05, 3.63) is 54.1 Å². The van der Waals surface area contributed by atoms with Crippen LogP contribution in [0.25, 0.3) is 0 Å². The van der Waals surface area contributed by atoms with Crippen molar-refractivity contribution >= 4 is 24.2 Å². The number of hydrogen-bond acceptors (Lipinski definition) is 4. The Labute approximate surface area is 110 Å². The summed E-state index contributed by atoms with van der Waals surface area (Å²) in [6.45, 7) is 0. The average molecular weight is 257 g/mol. The second kappa shape index (κ2) is 5.56. The first-order valence-electron chi connectivity index (χ1n) is 5.63. The molecule has 0 fully saturated rings. The maximum Gasteiger partial charge on any atom is 0.488 e. The molecule has 0 aliphatic rings. The van der Waals surface area contributed by atoms with Crippen molar-refractivity contribution in [1.82, 2.24) is 0 Å². The SMILES string of the molecule is O=C(Nc1ccc(B(O)O)cc1)c1ccc(O)cc1. The van der Waals surface area contributed by atoms with Crippen molar-refractivity contribution in [3.8, 4) is 5.75 Å². The monoisotopic (exact) mass is 257 g/mol. The topological polar surface area (TPSA) is 89.8 Å². The fourth-order valence-corrected chi connectivity index (χ4v) is 1.55. The van der Waals surface area contributed by atoms with Gasteiger partial charge in [-0.15, -0.1) is 0 Å². The van der Waals surface area contributed by atoms with Gasteiger partial charge >= 0.3 is 7.12 Å². The summed E-state index contributed by atoms with van der Waals surface area (Å²) in [5.41, 5.74) is 1.31. The van der Waals surface area contributed by atoms with E-state index >= 15 is 0 Å². The zero-order valence-electron chi connectivity index (χ0n) is 9.95. The van der Waals surface area contributed by atoms with E-state index in [9.17, 15) is 4.79 Å². The molecule has 1 amide bonds. The van der Waals surface area contributed by atoms with E-state index in [0.29, 0.717) is 16.7 Å². The molecule has 19 heavy (non-hydrogen) atoms. The quantitative estimate of drug-likeness (QED) is 0.596. The van der Waals surface area contributed by atoms with Crippen LogP contribution < -0.4 is 10.8 Å². The highest BCUT2D eigenvalue weighted by Gasteiger charge is 2.11. The second-order valence-electron chi connectivity index (χ2n) is 4.00. The highest BCUT2D eigenvalue weighted by atomic mass is 16.4. The normalized spacial score (nSPS) is 10.0. The van der Waals surface area contributed by atoms with Gasteiger partial charge in [0.05, 0.1) is 0 Å². The smallest absolute Gasteiger partial charge is 0.488 e. The van der Waals surface area contributed by atoms with Crippen molar-refractivity contribution in [2.24, 2.45) is 0 Å². The highest BCUT2D eigenvalue weighted by Crippen LogP contribution is 2.12. The van der Waals surface area contributed by atoms with Gasteiger partial charge in [-0.25, -0.2) is 0 Å². The molecule has 0 heterocycles. The lowest BCUT2D eigenvalue weighted by molar-refractivity contribution is 0.102. The number of phenolic OH excluding ortho intramolecular Hbond substituents is 1. The van der Waals surface area contributed by atoms with E-state index in [1.807, 2.05) is 0 Å². The molecule has 0 unspecified atom stereocenters. The van der Waals surface area contributed by atoms with Gasteiger partial charge in [0.25, 0.3) is 5.91 Å². The number of rotatable bonds is 3. The largest absolute Gasteiger partial charge is 0.508 e. The Morgan fingerprint density at radius 2 is 1.53 bits per heavy atom. The molecule has 4 N–H and O–H groups in total. The van der Waals surface area contributed by atoms with Crippen LogP contribution in [0.2, 0.25) is 0 Å². The Hall–Kier alpha value is -2.31. The third-order valence-corrected chi connectivity index (χ3v) is 2.60. The van der Waals surface area contributed by atoms with Crippen LogP contribution in [0.5, 0.6) is 5.75 Å². The molecule has 2 aromatic rings. The molecule has 0 saturated carbocycles. The minimum Gasteiger partial charge on any atom is -0.508 e. The third-order valence-electron chi connectivity index (χ3n) is 2.60. The summed E-state index contributed by atoms with van der Waals surface area (Å²) in [6, 6.07) is 12.1. The molecule has 6 heteroatoms. The number of amides is 1. The summed E-state index contributed by atoms with van der Waals surface area (Å²) in [5.74, 6) is -0.213. The molecule has 0 atom stereocenters. The van der Waals surface area contributed by atoms with E-state index in [1.165, 1.54) is 36.4 Å². The lowest BCUT2D eigenvalue weighted by Crippen LogP contribution is -2.29. The highest BCUT2D eigenvalue weighted by molar-refractivity contribution is 6.58. The van der Waals surface area contributed by atoms with E-state index in [4.69, 9.17) is 15.2 Å². The molecule has 5 nitrogen and oxygen atoms in total. The van der Waals surface area contributed by atoms with Gasteiger partial charge in [0, 0.05) is 11.3 Å². The van der Waals surface area contributed by atoms with Crippen LogP contribution >= 0.6 is 0 Å². The third kappa shape index (κ3) is 3.34. The van der Waals surface area contributed by atoms with Gasteiger partial charge in [0.2, 0.25) is 0 Å². The molecule has 0 aromatic heterocycles. The molecule has 0 aliphatic heterocycles. The zero-order valence-corrected chi connectivity index (χ0v) is 9.95. The van der Waals surface area contributed by atoms with Crippen molar-refractivity contribution in [1.29, 1.82) is 0 Å². The first-order valence-corrected chi connectivity index (χ1v) is 5.63. The van der Waals surface area contributed by atoms with E-state index in [1.54, 1.807) is 12.1 Å². The predicted molar refractivity (Wildman–Crippen MR) is 72.3 cm³/mol. The Balaban J connectivity index is 2.08. The Kier molecular flexibility index (Phi) is 3.84. The number of carbonyl (C=O) groups excluding carboxylic acids is 1. The molecular formula is C13H12BNO4. The van der Waals surface area contributed by atoms with Crippen molar-refractivity contribution in [2.45, 2.75) is 0 Å². The van der Waals surface area contributed by atoms with E-state index in [-0.39, 0.29) is 11.7 Å². The van der Waals surface area contributed by atoms with Crippen molar-refractivity contribution < 1.29 is 19.9 Å². The van der Waals surface area contributed by atoms with E-state index in [0.717, 1.165) is 0 Å². The van der Waals surface area contributed by atoms with Gasteiger partial charge in [-0.1, -0.05) is 12.1 Å². The summed E-state index contributed by atoms with van der Waals surface area (Å²) in [4.78, 5) is 11.9. The van der Waals surface area contributed by atoms with E-state index in [2.05, 4.69) is 5.32 Å². The number of carbonyl (C=O) groups is 1. The van der Waals surface area contributed by atoms with Gasteiger partial charge in [0.15, 0.2) is 0 Å². The van der Waals surface area contributed by atoms with Crippen LogP contribution in [0.3, 0.4) is 0 Å². The summed E-state index contributed by atoms with van der Waals surface area (Å²) >= 11 is 0. The van der Waals surface area contributed by atoms with Gasteiger partial charge in [-0.05, 0) is 41.9 Å². The fraction of sp³-hybridized carbons (Fsp3) is 0. The van der Waals surface area contributed by atoms with Crippen LogP contribution in [-0.4, -0.2) is 28.2 Å². The van der Waals surface area contributed by atoms with Crippen LogP contribution in [0.15, 0.2) is 48.5 Å². The summed E-state index contributed by atoms with van der Waals surface area (Å²) in [7, 11) is -1.53. The molecule has 96 valence electrons. The second-order valence-corrected chi connectivity index (χ2v) is 4.00.